The van der Waals surface area contributed by atoms with E-state index in [4.69, 9.17) is 10.5 Å². The normalized spacial score (nSPS) is 15.5. The van der Waals surface area contributed by atoms with Gasteiger partial charge in [-0.2, -0.15) is 0 Å². The Labute approximate surface area is 115 Å². The van der Waals surface area contributed by atoms with Crippen molar-refractivity contribution in [1.82, 2.24) is 5.73 Å². The van der Waals surface area contributed by atoms with Gasteiger partial charge in [0.05, 0.1) is 18.2 Å². The molecule has 1 radical (unpaired) electrons. The van der Waals surface area contributed by atoms with E-state index in [9.17, 15) is 4.79 Å². The fourth-order valence-electron chi connectivity index (χ4n) is 2.13. The summed E-state index contributed by atoms with van der Waals surface area (Å²) in [6, 6.07) is 2.98. The number of carbonyl (C=O) groups is 1. The molecule has 0 saturated carbocycles. The van der Waals surface area contributed by atoms with Crippen molar-refractivity contribution in [1.29, 1.82) is 0 Å². The third-order valence-electron chi connectivity index (χ3n) is 3.04. The molecule has 1 aliphatic heterocycles. The van der Waals surface area contributed by atoms with Crippen molar-refractivity contribution in [2.75, 3.05) is 13.7 Å². The number of fused-ring (bicyclic) bond motifs is 1. The Morgan fingerprint density at radius 1 is 1.61 bits per heavy atom. The maximum absolute atomic E-state index is 11.3. The summed E-state index contributed by atoms with van der Waals surface area (Å²) < 4.78 is 11.2. The van der Waals surface area contributed by atoms with Crippen molar-refractivity contribution in [2.24, 2.45) is 0 Å². The van der Waals surface area contributed by atoms with Gasteiger partial charge in [0.2, 0.25) is 0 Å². The summed E-state index contributed by atoms with van der Waals surface area (Å²) in [5, 5.41) is 0. The number of halogens is 1. The third-order valence-corrected chi connectivity index (χ3v) is 3.66. The predicted molar refractivity (Wildman–Crippen MR) is 70.6 cm³/mol. The van der Waals surface area contributed by atoms with Gasteiger partial charge in [-0.25, -0.2) is 5.73 Å². The average molecular weight is 313 g/mol. The monoisotopic (exact) mass is 312 g/mol. The van der Waals surface area contributed by atoms with Gasteiger partial charge in [0.1, 0.15) is 11.8 Å². The van der Waals surface area contributed by atoms with Crippen LogP contribution >= 0.6 is 15.9 Å². The van der Waals surface area contributed by atoms with E-state index in [1.165, 1.54) is 7.11 Å². The highest BCUT2D eigenvalue weighted by Crippen LogP contribution is 2.35. The van der Waals surface area contributed by atoms with Gasteiger partial charge in [-0.05, 0) is 46.0 Å². The first-order valence-corrected chi connectivity index (χ1v) is 6.64. The van der Waals surface area contributed by atoms with E-state index in [0.29, 0.717) is 6.42 Å². The molecule has 1 N–H and O–H groups in total. The van der Waals surface area contributed by atoms with E-state index in [0.717, 1.165) is 40.8 Å². The molecule has 0 amide bonds. The average Bonchev–Trinajstić information content (AvgIpc) is 2.41. The highest BCUT2D eigenvalue weighted by Gasteiger charge is 2.21. The molecule has 0 aromatic heterocycles. The van der Waals surface area contributed by atoms with Crippen LogP contribution in [0.4, 0.5) is 0 Å². The van der Waals surface area contributed by atoms with Gasteiger partial charge in [-0.3, -0.25) is 4.79 Å². The van der Waals surface area contributed by atoms with Crippen LogP contribution in [0.15, 0.2) is 16.6 Å². The molecule has 1 aromatic carbocycles. The molecule has 0 aliphatic carbocycles. The summed E-state index contributed by atoms with van der Waals surface area (Å²) in [7, 11) is 1.31. The predicted octanol–water partition coefficient (Wildman–Crippen LogP) is 2.14. The molecule has 5 heteroatoms. The summed E-state index contributed by atoms with van der Waals surface area (Å²) in [5.74, 6) is 0.360. The van der Waals surface area contributed by atoms with Crippen LogP contribution < -0.4 is 10.5 Å². The molecular weight excluding hydrogens is 298 g/mol. The Hall–Kier alpha value is -1.07. The number of rotatable bonds is 3. The van der Waals surface area contributed by atoms with E-state index in [1.807, 2.05) is 12.1 Å². The van der Waals surface area contributed by atoms with Crippen molar-refractivity contribution in [3.05, 3.63) is 27.7 Å². The number of benzene rings is 1. The third kappa shape index (κ3) is 2.67. The minimum atomic E-state index is -0.873. The van der Waals surface area contributed by atoms with Gasteiger partial charge in [0.15, 0.2) is 0 Å². The van der Waals surface area contributed by atoms with E-state index in [2.05, 4.69) is 20.7 Å². The molecule has 18 heavy (non-hydrogen) atoms. The standard InChI is InChI=1S/C13H15BrNO3/c1-17-13(16)11(15)7-8-4-5-10(14)12-9(8)3-2-6-18-12/h4-5,11,15H,2-3,6-7H2,1H3/t11-/m0/s1. The lowest BCUT2D eigenvalue weighted by Gasteiger charge is -2.22. The summed E-state index contributed by atoms with van der Waals surface area (Å²) in [4.78, 5) is 11.3. The van der Waals surface area contributed by atoms with Crippen LogP contribution in [0, 0.1) is 0 Å². The number of nitrogens with one attached hydrogen (secondary N) is 1. The Morgan fingerprint density at radius 2 is 2.39 bits per heavy atom. The largest absolute Gasteiger partial charge is 0.492 e. The number of ether oxygens (including phenoxy) is 2. The molecule has 0 unspecified atom stereocenters. The van der Waals surface area contributed by atoms with Crippen molar-refractivity contribution in [2.45, 2.75) is 25.3 Å². The smallest absolute Gasteiger partial charge is 0.324 e. The second-order valence-corrected chi connectivity index (χ2v) is 5.10. The molecule has 1 aromatic rings. The van der Waals surface area contributed by atoms with Gasteiger partial charge >= 0.3 is 5.97 Å². The number of methoxy groups -OCH3 is 1. The lowest BCUT2D eigenvalue weighted by Crippen LogP contribution is -2.26. The van der Waals surface area contributed by atoms with Crippen LogP contribution in [0.3, 0.4) is 0 Å². The van der Waals surface area contributed by atoms with Gasteiger partial charge in [-0.1, -0.05) is 6.07 Å². The zero-order valence-corrected chi connectivity index (χ0v) is 11.7. The van der Waals surface area contributed by atoms with Crippen LogP contribution in [0.25, 0.3) is 0 Å². The summed E-state index contributed by atoms with van der Waals surface area (Å²) in [6.45, 7) is 0.719. The van der Waals surface area contributed by atoms with Gasteiger partial charge in [0, 0.05) is 6.42 Å². The number of hydrogen-bond acceptors (Lipinski definition) is 3. The SMILES string of the molecule is COC(=O)[C@@H]([NH])Cc1ccc(Br)c2c1CCCO2. The van der Waals surface area contributed by atoms with Gasteiger partial charge < -0.3 is 9.47 Å². The quantitative estimate of drug-likeness (QED) is 0.803. The maximum atomic E-state index is 11.3. The first kappa shape index (κ1) is 13.4. The van der Waals surface area contributed by atoms with Gasteiger partial charge in [-0.15, -0.1) is 0 Å². The van der Waals surface area contributed by atoms with E-state index >= 15 is 0 Å². The number of esters is 1. The molecule has 0 fully saturated rings. The fourth-order valence-corrected chi connectivity index (χ4v) is 2.62. The minimum absolute atomic E-state index is 0.367. The van der Waals surface area contributed by atoms with E-state index < -0.39 is 12.0 Å². The van der Waals surface area contributed by atoms with Crippen molar-refractivity contribution in [3.63, 3.8) is 0 Å². The zero-order chi connectivity index (χ0) is 13.1. The molecule has 97 valence electrons. The van der Waals surface area contributed by atoms with Crippen LogP contribution in [-0.2, 0) is 22.4 Å². The Morgan fingerprint density at radius 3 is 3.11 bits per heavy atom. The first-order valence-electron chi connectivity index (χ1n) is 5.85. The van der Waals surface area contributed by atoms with Crippen molar-refractivity contribution < 1.29 is 14.3 Å². The van der Waals surface area contributed by atoms with E-state index in [-0.39, 0.29) is 0 Å². The Kier molecular flexibility index (Phi) is 4.24. The molecule has 4 nitrogen and oxygen atoms in total. The number of hydrogen-bond donors (Lipinski definition) is 0. The molecule has 0 spiro atoms. The zero-order valence-electron chi connectivity index (χ0n) is 10.2. The van der Waals surface area contributed by atoms with Gasteiger partial charge in [0.25, 0.3) is 0 Å². The molecule has 0 saturated heterocycles. The molecule has 1 aliphatic rings. The molecular formula is C13H15BrNO3. The maximum Gasteiger partial charge on any atom is 0.324 e. The van der Waals surface area contributed by atoms with Crippen molar-refractivity contribution in [3.8, 4) is 5.75 Å². The Bertz CT molecular complexity index is 462. The lowest BCUT2D eigenvalue weighted by atomic mass is 9.95. The summed E-state index contributed by atoms with van der Waals surface area (Å²) in [6.07, 6.45) is 2.26. The minimum Gasteiger partial charge on any atom is -0.492 e. The molecule has 1 heterocycles. The second-order valence-electron chi connectivity index (χ2n) is 4.25. The topological polar surface area (TPSA) is 59.3 Å². The molecule has 2 rings (SSSR count). The van der Waals surface area contributed by atoms with Crippen LogP contribution in [0.1, 0.15) is 17.5 Å². The molecule has 0 bridgehead atoms. The Balaban J connectivity index is 2.26. The first-order chi connectivity index (χ1) is 8.63. The van der Waals surface area contributed by atoms with Crippen molar-refractivity contribution >= 4 is 21.9 Å². The fraction of sp³-hybridized carbons (Fsp3) is 0.462. The summed E-state index contributed by atoms with van der Waals surface area (Å²) >= 11 is 3.46. The van der Waals surface area contributed by atoms with E-state index in [1.54, 1.807) is 0 Å². The highest BCUT2D eigenvalue weighted by molar-refractivity contribution is 9.10. The molecule has 1 atom stereocenters. The highest BCUT2D eigenvalue weighted by atomic mass is 79.9. The van der Waals surface area contributed by atoms with Crippen LogP contribution in [-0.4, -0.2) is 25.7 Å². The second kappa shape index (κ2) is 5.71. The lowest BCUT2D eigenvalue weighted by molar-refractivity contribution is -0.142. The number of carbonyl (C=O) groups excluding carboxylic acids is 1. The summed E-state index contributed by atoms with van der Waals surface area (Å²) in [5.41, 5.74) is 9.87. The van der Waals surface area contributed by atoms with Crippen LogP contribution in [0.2, 0.25) is 0 Å². The van der Waals surface area contributed by atoms with Crippen LogP contribution in [0.5, 0.6) is 5.75 Å².